The summed E-state index contributed by atoms with van der Waals surface area (Å²) < 4.78 is 5.18. The number of nitrogens with zero attached hydrogens (tertiary/aromatic N) is 1. The minimum Gasteiger partial charge on any atom is -0.497 e. The lowest BCUT2D eigenvalue weighted by Gasteiger charge is -2.28. The molecule has 21 heavy (non-hydrogen) atoms. The SMILES string of the molecule is CCC(CC)(CC)CN=C(N)Nc1cccc(OC)c1.I. The summed E-state index contributed by atoms with van der Waals surface area (Å²) in [6.07, 6.45) is 3.36. The van der Waals surface area contributed by atoms with Gasteiger partial charge in [-0.1, -0.05) is 26.8 Å². The molecule has 1 aromatic carbocycles. The van der Waals surface area contributed by atoms with E-state index in [2.05, 4.69) is 31.1 Å². The Labute approximate surface area is 145 Å². The Hall–Kier alpha value is -0.980. The van der Waals surface area contributed by atoms with Crippen LogP contribution in [-0.2, 0) is 0 Å². The number of guanidine groups is 1. The van der Waals surface area contributed by atoms with Gasteiger partial charge in [-0.15, -0.1) is 24.0 Å². The molecular formula is C16H28IN3O. The number of hydrogen-bond donors (Lipinski definition) is 2. The summed E-state index contributed by atoms with van der Waals surface area (Å²) in [6.45, 7) is 7.41. The molecule has 0 bridgehead atoms. The van der Waals surface area contributed by atoms with Gasteiger partial charge in [-0.05, 0) is 36.8 Å². The lowest BCUT2D eigenvalue weighted by Crippen LogP contribution is -2.27. The molecule has 120 valence electrons. The summed E-state index contributed by atoms with van der Waals surface area (Å²) in [7, 11) is 1.65. The maximum atomic E-state index is 5.97. The topological polar surface area (TPSA) is 59.6 Å². The third-order valence-corrected chi connectivity index (χ3v) is 4.18. The molecule has 0 aromatic heterocycles. The van der Waals surface area contributed by atoms with Crippen LogP contribution in [0.4, 0.5) is 5.69 Å². The molecule has 3 N–H and O–H groups in total. The van der Waals surface area contributed by atoms with Crippen molar-refractivity contribution in [1.29, 1.82) is 0 Å². The highest BCUT2D eigenvalue weighted by Crippen LogP contribution is 2.30. The van der Waals surface area contributed by atoms with Gasteiger partial charge in [0.05, 0.1) is 7.11 Å². The molecule has 0 aliphatic rings. The van der Waals surface area contributed by atoms with Gasteiger partial charge in [-0.2, -0.15) is 0 Å². The number of benzene rings is 1. The van der Waals surface area contributed by atoms with Crippen LogP contribution in [0, 0.1) is 5.41 Å². The molecule has 0 atom stereocenters. The summed E-state index contributed by atoms with van der Waals surface area (Å²) >= 11 is 0. The molecule has 4 nitrogen and oxygen atoms in total. The molecular weight excluding hydrogens is 377 g/mol. The Morgan fingerprint density at radius 3 is 2.38 bits per heavy atom. The van der Waals surface area contributed by atoms with Gasteiger partial charge in [-0.25, -0.2) is 0 Å². The Morgan fingerprint density at radius 1 is 1.24 bits per heavy atom. The summed E-state index contributed by atoms with van der Waals surface area (Å²) in [5, 5.41) is 3.11. The van der Waals surface area contributed by atoms with Crippen molar-refractivity contribution in [3.8, 4) is 5.75 Å². The van der Waals surface area contributed by atoms with Crippen molar-refractivity contribution in [3.63, 3.8) is 0 Å². The number of aliphatic imine (C=N–C) groups is 1. The molecule has 0 fully saturated rings. The maximum Gasteiger partial charge on any atom is 0.193 e. The molecule has 0 saturated carbocycles. The fourth-order valence-corrected chi connectivity index (χ4v) is 2.23. The largest absolute Gasteiger partial charge is 0.497 e. The third-order valence-electron chi connectivity index (χ3n) is 4.18. The standard InChI is InChI=1S/C16H27N3O.HI/c1-5-16(6-2,7-3)12-18-15(17)19-13-9-8-10-14(11-13)20-4;/h8-11H,5-7,12H2,1-4H3,(H3,17,18,19);1H. The highest BCUT2D eigenvalue weighted by Gasteiger charge is 2.23. The Bertz CT molecular complexity index is 437. The summed E-state index contributed by atoms with van der Waals surface area (Å²) in [6, 6.07) is 7.66. The van der Waals surface area contributed by atoms with Gasteiger partial charge in [-0.3, -0.25) is 4.99 Å². The molecule has 0 unspecified atom stereocenters. The summed E-state index contributed by atoms with van der Waals surface area (Å²) in [5.74, 6) is 1.26. The summed E-state index contributed by atoms with van der Waals surface area (Å²) in [4.78, 5) is 4.50. The first-order valence-corrected chi connectivity index (χ1v) is 7.30. The van der Waals surface area contributed by atoms with Crippen molar-refractivity contribution in [2.24, 2.45) is 16.1 Å². The van der Waals surface area contributed by atoms with Gasteiger partial charge < -0.3 is 15.8 Å². The fourth-order valence-electron chi connectivity index (χ4n) is 2.23. The first-order chi connectivity index (χ1) is 9.59. The number of nitrogens with one attached hydrogen (secondary N) is 1. The second-order valence-corrected chi connectivity index (χ2v) is 5.12. The van der Waals surface area contributed by atoms with Crippen molar-refractivity contribution in [1.82, 2.24) is 0 Å². The van der Waals surface area contributed by atoms with Gasteiger partial charge in [0.25, 0.3) is 0 Å². The first kappa shape index (κ1) is 20.0. The first-order valence-electron chi connectivity index (χ1n) is 7.30. The second kappa shape index (κ2) is 9.87. The van der Waals surface area contributed by atoms with Gasteiger partial charge in [0.1, 0.15) is 5.75 Å². The van der Waals surface area contributed by atoms with Crippen LogP contribution >= 0.6 is 24.0 Å². The van der Waals surface area contributed by atoms with Crippen molar-refractivity contribution in [2.75, 3.05) is 19.0 Å². The number of rotatable bonds is 7. The zero-order valence-corrected chi connectivity index (χ0v) is 15.8. The van der Waals surface area contributed by atoms with Crippen LogP contribution in [0.25, 0.3) is 0 Å². The number of halogens is 1. The molecule has 0 heterocycles. The molecule has 0 amide bonds. The number of ether oxygens (including phenoxy) is 1. The molecule has 0 saturated heterocycles. The molecule has 1 rings (SSSR count). The average Bonchev–Trinajstić information content (AvgIpc) is 2.49. The molecule has 1 aromatic rings. The van der Waals surface area contributed by atoms with Crippen LogP contribution in [0.5, 0.6) is 5.75 Å². The Balaban J connectivity index is 0.00000400. The van der Waals surface area contributed by atoms with Crippen LogP contribution < -0.4 is 15.8 Å². The van der Waals surface area contributed by atoms with Gasteiger partial charge >= 0.3 is 0 Å². The Kier molecular flexibility index (Phi) is 9.41. The number of methoxy groups -OCH3 is 1. The predicted molar refractivity (Wildman–Crippen MR) is 102 cm³/mol. The van der Waals surface area contributed by atoms with Crippen LogP contribution in [0.3, 0.4) is 0 Å². The van der Waals surface area contributed by atoms with E-state index < -0.39 is 0 Å². The van der Waals surface area contributed by atoms with E-state index in [0.717, 1.165) is 37.2 Å². The van der Waals surface area contributed by atoms with Crippen molar-refractivity contribution in [3.05, 3.63) is 24.3 Å². The number of hydrogen-bond acceptors (Lipinski definition) is 2. The van der Waals surface area contributed by atoms with Gasteiger partial charge in [0.2, 0.25) is 0 Å². The third kappa shape index (κ3) is 6.11. The minimum absolute atomic E-state index is 0. The zero-order valence-electron chi connectivity index (χ0n) is 13.5. The highest BCUT2D eigenvalue weighted by atomic mass is 127. The van der Waals surface area contributed by atoms with Crippen LogP contribution in [0.2, 0.25) is 0 Å². The van der Waals surface area contributed by atoms with Gasteiger partial charge in [0.15, 0.2) is 5.96 Å². The molecule has 0 aliphatic heterocycles. The van der Waals surface area contributed by atoms with E-state index in [4.69, 9.17) is 10.5 Å². The highest BCUT2D eigenvalue weighted by molar-refractivity contribution is 14.0. The Morgan fingerprint density at radius 2 is 1.86 bits per heavy atom. The van der Waals surface area contributed by atoms with E-state index in [0.29, 0.717) is 5.96 Å². The van der Waals surface area contributed by atoms with Crippen molar-refractivity contribution >= 4 is 35.6 Å². The van der Waals surface area contributed by atoms with Gasteiger partial charge in [0, 0.05) is 18.3 Å². The van der Waals surface area contributed by atoms with E-state index in [1.165, 1.54) is 0 Å². The molecule has 0 radical (unpaired) electrons. The van der Waals surface area contributed by atoms with Crippen LogP contribution in [0.1, 0.15) is 40.0 Å². The van der Waals surface area contributed by atoms with Crippen LogP contribution in [0.15, 0.2) is 29.3 Å². The molecule has 0 spiro atoms. The van der Waals surface area contributed by atoms with E-state index in [9.17, 15) is 0 Å². The lowest BCUT2D eigenvalue weighted by molar-refractivity contribution is 0.263. The number of nitrogens with two attached hydrogens (primary N) is 1. The maximum absolute atomic E-state index is 5.97. The van der Waals surface area contributed by atoms with Crippen molar-refractivity contribution < 1.29 is 4.74 Å². The fraction of sp³-hybridized carbons (Fsp3) is 0.562. The van der Waals surface area contributed by atoms with E-state index in [-0.39, 0.29) is 29.4 Å². The minimum atomic E-state index is 0. The van der Waals surface area contributed by atoms with E-state index in [1.54, 1.807) is 7.11 Å². The normalized spacial score (nSPS) is 11.7. The quantitative estimate of drug-likeness (QED) is 0.405. The smallest absolute Gasteiger partial charge is 0.193 e. The van der Waals surface area contributed by atoms with E-state index >= 15 is 0 Å². The van der Waals surface area contributed by atoms with Crippen LogP contribution in [-0.4, -0.2) is 19.6 Å². The molecule has 0 aliphatic carbocycles. The van der Waals surface area contributed by atoms with E-state index in [1.807, 2.05) is 24.3 Å². The second-order valence-electron chi connectivity index (χ2n) is 5.12. The zero-order chi connectivity index (χ0) is 15.0. The molecule has 5 heteroatoms. The van der Waals surface area contributed by atoms with Crippen molar-refractivity contribution in [2.45, 2.75) is 40.0 Å². The number of anilines is 1. The summed E-state index contributed by atoms with van der Waals surface area (Å²) in [5.41, 5.74) is 7.12. The average molecular weight is 405 g/mol. The monoisotopic (exact) mass is 405 g/mol. The predicted octanol–water partition coefficient (Wildman–Crippen LogP) is 4.26. The lowest BCUT2D eigenvalue weighted by atomic mass is 9.80.